The van der Waals surface area contributed by atoms with Gasteiger partial charge in [0.25, 0.3) is 0 Å². The summed E-state index contributed by atoms with van der Waals surface area (Å²) in [5.41, 5.74) is 7.82. The van der Waals surface area contributed by atoms with E-state index < -0.39 is 17.4 Å². The predicted molar refractivity (Wildman–Crippen MR) is 129 cm³/mol. The van der Waals surface area contributed by atoms with Crippen molar-refractivity contribution in [3.05, 3.63) is 74.6 Å². The molecule has 0 unspecified atom stereocenters. The van der Waals surface area contributed by atoms with Gasteiger partial charge in [-0.05, 0) is 0 Å². The predicted octanol–water partition coefficient (Wildman–Crippen LogP) is 6.32. The molecular formula is C24H32Cl2SiZr. The third-order valence-corrected chi connectivity index (χ3v) is 22.7. The molecule has 0 aliphatic heterocycles. The van der Waals surface area contributed by atoms with E-state index in [9.17, 15) is 0 Å². The van der Waals surface area contributed by atoms with Gasteiger partial charge in [-0.3, -0.25) is 0 Å². The Balaban J connectivity index is 0.00000140. The molecule has 2 aromatic rings. The monoisotopic (exact) mass is 508 g/mol. The molecule has 0 radical (unpaired) electrons. The molecular weight excluding hydrogens is 478 g/mol. The average molecular weight is 511 g/mol. The second-order valence-electron chi connectivity index (χ2n) is 10.1. The van der Waals surface area contributed by atoms with Crippen molar-refractivity contribution in [3.8, 4) is 11.1 Å². The van der Waals surface area contributed by atoms with Gasteiger partial charge < -0.3 is 0 Å². The van der Waals surface area contributed by atoms with Crippen LogP contribution in [0.2, 0.25) is 9.26 Å². The van der Waals surface area contributed by atoms with Gasteiger partial charge in [-0.15, -0.1) is 24.8 Å². The molecule has 0 amide bonds. The molecule has 0 nitrogen and oxygen atoms in total. The fourth-order valence-corrected chi connectivity index (χ4v) is 16.8. The maximum atomic E-state index is 2.64. The first-order valence-corrected chi connectivity index (χ1v) is 23.1. The van der Waals surface area contributed by atoms with Crippen molar-refractivity contribution in [1.82, 2.24) is 0 Å². The first-order valence-electron chi connectivity index (χ1n) is 9.76. The van der Waals surface area contributed by atoms with Crippen LogP contribution >= 0.6 is 24.8 Å². The van der Waals surface area contributed by atoms with Gasteiger partial charge in [-0.2, -0.15) is 0 Å². The third kappa shape index (κ3) is 3.83. The van der Waals surface area contributed by atoms with E-state index in [0.717, 1.165) is 12.8 Å². The van der Waals surface area contributed by atoms with Crippen molar-refractivity contribution >= 4 is 35.0 Å². The van der Waals surface area contributed by atoms with Gasteiger partial charge >= 0.3 is 162 Å². The van der Waals surface area contributed by atoms with Crippen LogP contribution in [0.1, 0.15) is 38.3 Å². The Kier molecular flexibility index (Phi) is 6.56. The second-order valence-corrected chi connectivity index (χ2v) is 38.8. The van der Waals surface area contributed by atoms with Crippen LogP contribution in [0.3, 0.4) is 0 Å². The smallest absolute Gasteiger partial charge is 0.147 e. The minimum Gasteiger partial charge on any atom is -0.147 e. The van der Waals surface area contributed by atoms with E-state index in [-0.39, 0.29) is 30.2 Å². The molecule has 0 aromatic heterocycles. The number of allylic oxidation sites excluding steroid dienone is 4. The summed E-state index contributed by atoms with van der Waals surface area (Å²) in [5.74, 6) is 0. The first kappa shape index (κ1) is 23.9. The summed E-state index contributed by atoms with van der Waals surface area (Å²) in [5, 5.41) is 0. The summed E-state index contributed by atoms with van der Waals surface area (Å²) in [6.45, 7) is 9.37. The Morgan fingerprint density at radius 3 is 2.18 bits per heavy atom. The number of benzene rings is 2. The normalized spacial score (nSPS) is 15.6. The van der Waals surface area contributed by atoms with Crippen LogP contribution in [0.4, 0.5) is 0 Å². The fourth-order valence-electron chi connectivity index (χ4n) is 4.69. The molecule has 0 fully saturated rings. The van der Waals surface area contributed by atoms with Crippen LogP contribution in [0.15, 0.2) is 63.5 Å². The largest absolute Gasteiger partial charge is 0.147 e. The van der Waals surface area contributed by atoms with Gasteiger partial charge in [-0.25, -0.2) is 0 Å². The average Bonchev–Trinajstić information content (AvgIpc) is 3.19. The molecule has 0 saturated heterocycles. The van der Waals surface area contributed by atoms with Crippen LogP contribution < -0.4 is 3.27 Å². The molecule has 0 heterocycles. The minimum absolute atomic E-state index is 0. The molecule has 150 valence electrons. The summed E-state index contributed by atoms with van der Waals surface area (Å²) in [6.07, 6.45) is 7.32. The molecule has 0 bridgehead atoms. The van der Waals surface area contributed by atoms with E-state index in [2.05, 4.69) is 91.5 Å². The number of halogens is 2. The van der Waals surface area contributed by atoms with Crippen molar-refractivity contribution in [2.24, 2.45) is 5.41 Å². The zero-order chi connectivity index (χ0) is 18.8. The van der Waals surface area contributed by atoms with Crippen LogP contribution in [-0.4, -0.2) is 6.88 Å². The summed E-state index contributed by atoms with van der Waals surface area (Å²) < 4.78 is 8.74. The molecule has 2 aliphatic carbocycles. The molecule has 2 aromatic carbocycles. The Hall–Kier alpha value is -0.400. The van der Waals surface area contributed by atoms with Crippen LogP contribution in [0, 0.1) is 5.41 Å². The number of hydrogen-bond acceptors (Lipinski definition) is 0. The summed E-state index contributed by atoms with van der Waals surface area (Å²) in [7, 11) is 0. The molecule has 28 heavy (non-hydrogen) atoms. The maximum Gasteiger partial charge on any atom is -0.147 e. The van der Waals surface area contributed by atoms with Crippen molar-refractivity contribution in [1.29, 1.82) is 0 Å². The third-order valence-electron chi connectivity index (χ3n) is 6.48. The van der Waals surface area contributed by atoms with Gasteiger partial charge in [-0.1, -0.05) is 0 Å². The Morgan fingerprint density at radius 1 is 0.893 bits per heavy atom. The molecule has 2 aliphatic rings. The Morgan fingerprint density at radius 2 is 1.54 bits per heavy atom. The standard InChI is InChI=1S/C13H9.C9H13.2CH3.2ClH.H2Si.Zr/c1-3-7-12-10(5-1)9-11-6-2-4-8-13(11)12;1-9(2,3)8-6-4-5-7-8;;;;;;/h1-5,7-8H,9H2;6-7H,4H2,1-3H3;2*1H3;2*1H;1H2;. The van der Waals surface area contributed by atoms with Gasteiger partial charge in [0.15, 0.2) is 0 Å². The molecule has 4 heteroatoms. The van der Waals surface area contributed by atoms with E-state index in [1.807, 2.05) is 0 Å². The summed E-state index contributed by atoms with van der Waals surface area (Å²) >= 11 is -3.18. The van der Waals surface area contributed by atoms with E-state index in [0.29, 0.717) is 0 Å². The van der Waals surface area contributed by atoms with E-state index in [1.165, 1.54) is 22.3 Å². The number of hydrogen-bond donors (Lipinski definition) is 0. The van der Waals surface area contributed by atoms with Crippen LogP contribution in [0.5, 0.6) is 0 Å². The van der Waals surface area contributed by atoms with Crippen molar-refractivity contribution in [2.45, 2.75) is 42.9 Å². The molecule has 4 rings (SSSR count). The van der Waals surface area contributed by atoms with Crippen molar-refractivity contribution in [2.75, 3.05) is 0 Å². The quantitative estimate of drug-likeness (QED) is 0.354. The second kappa shape index (κ2) is 7.69. The van der Waals surface area contributed by atoms with E-state index >= 15 is 0 Å². The maximum absolute atomic E-state index is 3.18. The zero-order valence-electron chi connectivity index (χ0n) is 17.6. The molecule has 0 saturated carbocycles. The van der Waals surface area contributed by atoms with Gasteiger partial charge in [0, 0.05) is 0 Å². The number of fused-ring (bicyclic) bond motifs is 3. The van der Waals surface area contributed by atoms with Crippen LogP contribution in [-0.2, 0) is 23.8 Å². The van der Waals surface area contributed by atoms with Crippen molar-refractivity contribution in [3.63, 3.8) is 0 Å². The van der Waals surface area contributed by atoms with Crippen molar-refractivity contribution < 1.29 is 17.4 Å². The minimum atomic E-state index is -3.18. The Bertz CT molecular complexity index is 1050. The molecule has 0 N–H and O–H groups in total. The van der Waals surface area contributed by atoms with Gasteiger partial charge in [0.2, 0.25) is 0 Å². The van der Waals surface area contributed by atoms with E-state index in [4.69, 9.17) is 0 Å². The number of rotatable bonds is 2. The Labute approximate surface area is 185 Å². The fraction of sp³-hybridized carbons (Fsp3) is 0.333. The zero-order valence-corrected chi connectivity index (χ0v) is 23.1. The van der Waals surface area contributed by atoms with Gasteiger partial charge in [0.1, 0.15) is 0 Å². The van der Waals surface area contributed by atoms with Crippen LogP contribution in [0.25, 0.3) is 11.1 Å². The topological polar surface area (TPSA) is 0 Å². The van der Waals surface area contributed by atoms with Gasteiger partial charge in [0.05, 0.1) is 0 Å². The molecule has 0 spiro atoms. The summed E-state index contributed by atoms with van der Waals surface area (Å²) in [4.78, 5) is 0. The molecule has 0 atom stereocenters. The summed E-state index contributed by atoms with van der Waals surface area (Å²) in [6, 6.07) is 16.1. The first-order chi connectivity index (χ1) is 12.1. The van der Waals surface area contributed by atoms with E-state index in [1.54, 1.807) is 12.1 Å². The SMILES string of the molecule is CC(C)(C)C1=CC[C]([Zr]([CH3])([CH3])(=[SiH2])[c]2cccc3c2Cc2ccccc2-3)=C1.Cl.Cl.